The summed E-state index contributed by atoms with van der Waals surface area (Å²) in [5.41, 5.74) is 0. The number of rotatable bonds is 6. The van der Waals surface area contributed by atoms with Crippen LogP contribution >= 0.6 is 22.0 Å². The Morgan fingerprint density at radius 3 is 2.76 bits per heavy atom. The van der Waals surface area contributed by atoms with E-state index in [9.17, 15) is 13.2 Å². The summed E-state index contributed by atoms with van der Waals surface area (Å²) in [6, 6.07) is 3.14. The second-order valence-corrected chi connectivity index (χ2v) is 7.15. The molecule has 0 unspecified atom stereocenters. The molecular formula is C9H12ClNO4S2. The first-order valence-corrected chi connectivity index (χ1v) is 7.85. The predicted molar refractivity (Wildman–Crippen MR) is 65.9 cm³/mol. The van der Waals surface area contributed by atoms with Crippen molar-refractivity contribution in [2.75, 3.05) is 20.3 Å². The fourth-order valence-electron chi connectivity index (χ4n) is 1.13. The zero-order chi connectivity index (χ0) is 12.9. The predicted octanol–water partition coefficient (Wildman–Crippen LogP) is 0.981. The first kappa shape index (κ1) is 14.4. The van der Waals surface area contributed by atoms with Crippen LogP contribution in [0, 0.1) is 0 Å². The Kier molecular flexibility index (Phi) is 5.38. The second kappa shape index (κ2) is 6.34. The van der Waals surface area contributed by atoms with Gasteiger partial charge >= 0.3 is 0 Å². The largest absolute Gasteiger partial charge is 0.375 e. The van der Waals surface area contributed by atoms with Crippen LogP contribution in [0.4, 0.5) is 0 Å². The molecule has 1 N–H and O–H groups in total. The van der Waals surface area contributed by atoms with Crippen molar-refractivity contribution in [2.24, 2.45) is 0 Å². The molecule has 0 bridgehead atoms. The van der Waals surface area contributed by atoms with E-state index in [4.69, 9.17) is 10.7 Å². The fraction of sp³-hybridized carbons (Fsp3) is 0.444. The van der Waals surface area contributed by atoms with Crippen molar-refractivity contribution >= 4 is 37.0 Å². The molecule has 0 fully saturated rings. The zero-order valence-electron chi connectivity index (χ0n) is 9.10. The number of nitrogens with one attached hydrogen (secondary N) is 1. The Bertz CT molecular complexity index is 483. The molecule has 1 heterocycles. The summed E-state index contributed by atoms with van der Waals surface area (Å²) in [5, 5.41) is 2.64. The zero-order valence-corrected chi connectivity index (χ0v) is 11.5. The van der Waals surface area contributed by atoms with E-state index in [1.807, 2.05) is 0 Å². The molecular weight excluding hydrogens is 286 g/mol. The van der Waals surface area contributed by atoms with Crippen LogP contribution in [0.2, 0.25) is 0 Å². The minimum absolute atomic E-state index is 0.0196. The van der Waals surface area contributed by atoms with Gasteiger partial charge < -0.3 is 10.1 Å². The number of carbonyl (C=O) groups is 1. The molecule has 0 saturated carbocycles. The molecule has 0 saturated heterocycles. The van der Waals surface area contributed by atoms with Gasteiger partial charge in [-0.1, -0.05) is 0 Å². The third kappa shape index (κ3) is 5.03. The Labute approximate surface area is 108 Å². The van der Waals surface area contributed by atoms with Crippen molar-refractivity contribution < 1.29 is 17.9 Å². The molecule has 1 aromatic heterocycles. The lowest BCUT2D eigenvalue weighted by Gasteiger charge is -2.02. The topological polar surface area (TPSA) is 72.5 Å². The highest BCUT2D eigenvalue weighted by molar-refractivity contribution is 8.15. The van der Waals surface area contributed by atoms with Gasteiger partial charge in [0, 0.05) is 29.2 Å². The summed E-state index contributed by atoms with van der Waals surface area (Å²) in [7, 11) is 2.99. The maximum atomic E-state index is 11.0. The number of hydrogen-bond acceptors (Lipinski definition) is 5. The molecule has 8 heteroatoms. The molecule has 1 amide bonds. The second-order valence-electron chi connectivity index (χ2n) is 3.19. The van der Waals surface area contributed by atoms with Gasteiger partial charge in [-0.2, -0.15) is 0 Å². The van der Waals surface area contributed by atoms with Gasteiger partial charge in [0.15, 0.2) is 0 Å². The van der Waals surface area contributed by atoms with E-state index in [0.29, 0.717) is 13.0 Å². The number of methoxy groups -OCH3 is 1. The summed E-state index contributed by atoms with van der Waals surface area (Å²) in [6.07, 6.45) is 0.562. The van der Waals surface area contributed by atoms with Gasteiger partial charge in [0.25, 0.3) is 9.05 Å². The van der Waals surface area contributed by atoms with Crippen molar-refractivity contribution in [3.63, 3.8) is 0 Å². The first-order valence-electron chi connectivity index (χ1n) is 4.72. The van der Waals surface area contributed by atoms with E-state index in [1.165, 1.54) is 13.2 Å². The van der Waals surface area contributed by atoms with Crippen molar-refractivity contribution in [2.45, 2.75) is 10.6 Å². The molecule has 0 aromatic carbocycles. The van der Waals surface area contributed by atoms with E-state index in [-0.39, 0.29) is 16.7 Å². The fourth-order valence-corrected chi connectivity index (χ4v) is 3.25. The third-order valence-corrected chi connectivity index (χ3v) is 5.08. The molecule has 0 radical (unpaired) electrons. The lowest BCUT2D eigenvalue weighted by molar-refractivity contribution is -0.124. The summed E-state index contributed by atoms with van der Waals surface area (Å²) in [4.78, 5) is 11.9. The quantitative estimate of drug-likeness (QED) is 0.795. The maximum absolute atomic E-state index is 11.0. The molecule has 0 atom stereocenters. The number of halogens is 1. The van der Waals surface area contributed by atoms with Crippen LogP contribution in [0.5, 0.6) is 0 Å². The molecule has 96 valence electrons. The van der Waals surface area contributed by atoms with Crippen LogP contribution in [0.15, 0.2) is 16.3 Å². The molecule has 17 heavy (non-hydrogen) atoms. The molecule has 1 rings (SSSR count). The van der Waals surface area contributed by atoms with Crippen molar-refractivity contribution in [3.05, 3.63) is 17.0 Å². The van der Waals surface area contributed by atoms with Crippen LogP contribution < -0.4 is 5.32 Å². The number of ether oxygens (including phenoxy) is 1. The monoisotopic (exact) mass is 297 g/mol. The minimum atomic E-state index is -3.65. The summed E-state index contributed by atoms with van der Waals surface area (Å²) >= 11 is 1.10. The van der Waals surface area contributed by atoms with Gasteiger partial charge in [-0.3, -0.25) is 4.79 Å². The third-order valence-electron chi connectivity index (χ3n) is 1.85. The lowest BCUT2D eigenvalue weighted by Crippen LogP contribution is -2.28. The summed E-state index contributed by atoms with van der Waals surface area (Å²) in [5.74, 6) is -0.200. The summed E-state index contributed by atoms with van der Waals surface area (Å²) in [6.45, 7) is 0.455. The Morgan fingerprint density at radius 2 is 2.24 bits per heavy atom. The number of amides is 1. The summed E-state index contributed by atoms with van der Waals surface area (Å²) < 4.78 is 26.8. The molecule has 1 aromatic rings. The van der Waals surface area contributed by atoms with Gasteiger partial charge in [-0.15, -0.1) is 11.3 Å². The van der Waals surface area contributed by atoms with Gasteiger partial charge in [0.2, 0.25) is 5.91 Å². The molecule has 0 aliphatic carbocycles. The van der Waals surface area contributed by atoms with Gasteiger partial charge in [0.1, 0.15) is 10.8 Å². The standard InChI is InChI=1S/C9H12ClNO4S2/c1-15-6-8(12)11-5-4-7-2-3-9(16-7)17(10,13)14/h2-3H,4-6H2,1H3,(H,11,12). The molecule has 0 spiro atoms. The minimum Gasteiger partial charge on any atom is -0.375 e. The van der Waals surface area contributed by atoms with Crippen LogP contribution in [-0.4, -0.2) is 34.6 Å². The molecule has 0 aliphatic heterocycles. The average Bonchev–Trinajstić information content (AvgIpc) is 2.66. The van der Waals surface area contributed by atoms with Crippen LogP contribution in [-0.2, 0) is 25.0 Å². The van der Waals surface area contributed by atoms with E-state index in [1.54, 1.807) is 6.07 Å². The van der Waals surface area contributed by atoms with Crippen LogP contribution in [0.25, 0.3) is 0 Å². The van der Waals surface area contributed by atoms with Gasteiger partial charge in [-0.25, -0.2) is 8.42 Å². The van der Waals surface area contributed by atoms with E-state index in [0.717, 1.165) is 16.2 Å². The van der Waals surface area contributed by atoms with Crippen molar-refractivity contribution in [1.29, 1.82) is 0 Å². The van der Waals surface area contributed by atoms with Crippen LogP contribution in [0.1, 0.15) is 4.88 Å². The smallest absolute Gasteiger partial charge is 0.270 e. The number of hydrogen-bond donors (Lipinski definition) is 1. The van der Waals surface area contributed by atoms with Gasteiger partial charge in [0.05, 0.1) is 0 Å². The highest BCUT2D eigenvalue weighted by Crippen LogP contribution is 2.24. The first-order chi connectivity index (χ1) is 7.93. The van der Waals surface area contributed by atoms with Crippen molar-refractivity contribution in [1.82, 2.24) is 5.32 Å². The number of carbonyl (C=O) groups excluding carboxylic acids is 1. The Morgan fingerprint density at radius 1 is 1.53 bits per heavy atom. The molecule has 0 aliphatic rings. The average molecular weight is 298 g/mol. The van der Waals surface area contributed by atoms with Crippen LogP contribution in [0.3, 0.4) is 0 Å². The Balaban J connectivity index is 2.43. The highest BCUT2D eigenvalue weighted by Gasteiger charge is 2.12. The highest BCUT2D eigenvalue weighted by atomic mass is 35.7. The Hall–Kier alpha value is -0.630. The normalized spacial score (nSPS) is 11.4. The maximum Gasteiger partial charge on any atom is 0.270 e. The van der Waals surface area contributed by atoms with Gasteiger partial charge in [-0.05, 0) is 18.6 Å². The molecule has 5 nitrogen and oxygen atoms in total. The van der Waals surface area contributed by atoms with E-state index < -0.39 is 9.05 Å². The van der Waals surface area contributed by atoms with Crippen molar-refractivity contribution in [3.8, 4) is 0 Å². The van der Waals surface area contributed by atoms with E-state index in [2.05, 4.69) is 10.1 Å². The lowest BCUT2D eigenvalue weighted by atomic mass is 10.3. The van der Waals surface area contributed by atoms with E-state index >= 15 is 0 Å². The SMILES string of the molecule is COCC(=O)NCCc1ccc(S(=O)(=O)Cl)s1. The number of thiophene rings is 1.